The average molecular weight is 537 g/mol. The molecular weight excluding hydrogens is 504 g/mol. The second kappa shape index (κ2) is 12.0. The summed E-state index contributed by atoms with van der Waals surface area (Å²) in [6.07, 6.45) is 2.75. The molecule has 6 nitrogen and oxygen atoms in total. The molecule has 2 N–H and O–H groups in total. The molecule has 0 bridgehead atoms. The largest absolute Gasteiger partial charge is 0.462 e. The van der Waals surface area contributed by atoms with Crippen molar-refractivity contribution in [3.05, 3.63) is 75.7 Å². The van der Waals surface area contributed by atoms with Gasteiger partial charge in [0.15, 0.2) is 0 Å². The topological polar surface area (TPSA) is 84.5 Å². The van der Waals surface area contributed by atoms with Crippen LogP contribution in [-0.4, -0.2) is 29.6 Å². The number of amides is 2. The summed E-state index contributed by atoms with van der Waals surface area (Å²) in [6.45, 7) is 8.09. The van der Waals surface area contributed by atoms with Gasteiger partial charge in [0.25, 0.3) is 5.91 Å². The van der Waals surface area contributed by atoms with Crippen molar-refractivity contribution in [2.75, 3.05) is 17.2 Å². The van der Waals surface area contributed by atoms with Crippen LogP contribution < -0.4 is 10.6 Å². The molecule has 1 aliphatic carbocycles. The fourth-order valence-electron chi connectivity index (χ4n) is 4.28. The number of nitrogens with one attached hydrogen (secondary N) is 2. The van der Waals surface area contributed by atoms with Crippen molar-refractivity contribution in [3.8, 4) is 0 Å². The van der Waals surface area contributed by atoms with E-state index in [0.717, 1.165) is 40.2 Å². The van der Waals surface area contributed by atoms with Gasteiger partial charge in [0.1, 0.15) is 5.00 Å². The number of carbonyl (C=O) groups is 3. The molecular formula is C29H32N2O4S2. The number of benzene rings is 2. The van der Waals surface area contributed by atoms with Crippen molar-refractivity contribution < 1.29 is 19.1 Å². The first-order chi connectivity index (χ1) is 17.7. The maximum atomic E-state index is 13.2. The number of anilines is 2. The second-order valence-corrected chi connectivity index (χ2v) is 11.9. The smallest absolute Gasteiger partial charge is 0.341 e. The summed E-state index contributed by atoms with van der Waals surface area (Å²) in [5.74, 6) is -0.188. The van der Waals surface area contributed by atoms with Crippen LogP contribution in [0.1, 0.15) is 63.9 Å². The zero-order valence-corrected chi connectivity index (χ0v) is 23.2. The highest BCUT2D eigenvalue weighted by Gasteiger charge is 2.30. The Morgan fingerprint density at radius 2 is 1.89 bits per heavy atom. The molecule has 2 aromatic carbocycles. The lowest BCUT2D eigenvalue weighted by Gasteiger charge is -2.18. The minimum Gasteiger partial charge on any atom is -0.462 e. The van der Waals surface area contributed by atoms with E-state index in [-0.39, 0.29) is 24.4 Å². The third-order valence-corrected chi connectivity index (χ3v) is 8.58. The molecule has 0 spiro atoms. The molecule has 0 fully saturated rings. The summed E-state index contributed by atoms with van der Waals surface area (Å²) in [4.78, 5) is 40.5. The molecule has 37 heavy (non-hydrogen) atoms. The Morgan fingerprint density at radius 3 is 2.62 bits per heavy atom. The normalized spacial score (nSPS) is 15.4. The Labute approximate surface area is 226 Å². The van der Waals surface area contributed by atoms with Crippen LogP contribution in [-0.2, 0) is 22.4 Å². The molecule has 2 atom stereocenters. The van der Waals surface area contributed by atoms with Gasteiger partial charge in [-0.2, -0.15) is 0 Å². The fourth-order valence-corrected chi connectivity index (χ4v) is 6.61. The number of aryl methyl sites for hydroxylation is 1. The van der Waals surface area contributed by atoms with Gasteiger partial charge in [-0.3, -0.25) is 9.59 Å². The van der Waals surface area contributed by atoms with Gasteiger partial charge in [0, 0.05) is 21.0 Å². The molecule has 194 valence electrons. The van der Waals surface area contributed by atoms with Crippen LogP contribution in [0.5, 0.6) is 0 Å². The molecule has 1 aromatic heterocycles. The number of carbonyl (C=O) groups excluding carboxylic acids is 3. The standard InChI is InChI=1S/C29H32N2O4S2/c1-5-35-29(34)25-23-14-11-18(3)15-24(23)37-28(25)31-26(32)19(4)36-22-8-6-7-21(16-22)30-27(33)20-12-9-17(2)10-13-20/h6-10,12-13,16,18-19H,5,11,14-15H2,1-4H3,(H,30,33)(H,31,32). The molecule has 0 saturated heterocycles. The van der Waals surface area contributed by atoms with E-state index < -0.39 is 5.25 Å². The zero-order chi connectivity index (χ0) is 26.5. The summed E-state index contributed by atoms with van der Waals surface area (Å²) in [5, 5.41) is 6.08. The Kier molecular flexibility index (Phi) is 8.71. The highest BCUT2D eigenvalue weighted by atomic mass is 32.2. The van der Waals surface area contributed by atoms with E-state index >= 15 is 0 Å². The first-order valence-corrected chi connectivity index (χ1v) is 14.2. The first-order valence-electron chi connectivity index (χ1n) is 12.5. The third-order valence-electron chi connectivity index (χ3n) is 6.32. The van der Waals surface area contributed by atoms with Crippen LogP contribution in [0.3, 0.4) is 0 Å². The summed E-state index contributed by atoms with van der Waals surface area (Å²) in [6, 6.07) is 14.8. The summed E-state index contributed by atoms with van der Waals surface area (Å²) in [7, 11) is 0. The number of rotatable bonds is 8. The van der Waals surface area contributed by atoms with Gasteiger partial charge < -0.3 is 15.4 Å². The predicted octanol–water partition coefficient (Wildman–Crippen LogP) is 6.73. The van der Waals surface area contributed by atoms with E-state index in [4.69, 9.17) is 4.74 Å². The Balaban J connectivity index is 1.44. The van der Waals surface area contributed by atoms with Crippen molar-refractivity contribution in [2.45, 2.75) is 57.1 Å². The van der Waals surface area contributed by atoms with E-state index in [1.54, 1.807) is 19.1 Å². The van der Waals surface area contributed by atoms with E-state index in [1.807, 2.05) is 50.2 Å². The van der Waals surface area contributed by atoms with Gasteiger partial charge in [0.2, 0.25) is 5.91 Å². The zero-order valence-electron chi connectivity index (χ0n) is 21.6. The minimum absolute atomic E-state index is 0.184. The molecule has 0 aliphatic heterocycles. The highest BCUT2D eigenvalue weighted by molar-refractivity contribution is 8.00. The average Bonchev–Trinajstić information content (AvgIpc) is 3.21. The fraction of sp³-hybridized carbons (Fsp3) is 0.345. The molecule has 4 rings (SSSR count). The van der Waals surface area contributed by atoms with Crippen LogP contribution >= 0.6 is 23.1 Å². The molecule has 0 saturated carbocycles. The minimum atomic E-state index is -0.420. The second-order valence-electron chi connectivity index (χ2n) is 9.37. The number of thioether (sulfide) groups is 1. The monoisotopic (exact) mass is 536 g/mol. The van der Waals surface area contributed by atoms with Crippen LogP contribution in [0.2, 0.25) is 0 Å². The van der Waals surface area contributed by atoms with E-state index in [2.05, 4.69) is 17.6 Å². The predicted molar refractivity (Wildman–Crippen MR) is 151 cm³/mol. The third kappa shape index (κ3) is 6.62. The van der Waals surface area contributed by atoms with Crippen molar-refractivity contribution >= 4 is 51.6 Å². The van der Waals surface area contributed by atoms with E-state index in [9.17, 15) is 14.4 Å². The highest BCUT2D eigenvalue weighted by Crippen LogP contribution is 2.40. The number of hydrogen-bond donors (Lipinski definition) is 2. The Bertz CT molecular complexity index is 1300. The first kappa shape index (κ1) is 26.9. The maximum Gasteiger partial charge on any atom is 0.341 e. The molecule has 8 heteroatoms. The van der Waals surface area contributed by atoms with Gasteiger partial charge >= 0.3 is 5.97 Å². The SMILES string of the molecule is CCOC(=O)c1c(NC(=O)C(C)Sc2cccc(NC(=O)c3ccc(C)cc3)c2)sc2c1CCC(C)C2. The van der Waals surface area contributed by atoms with Crippen molar-refractivity contribution in [2.24, 2.45) is 5.92 Å². The van der Waals surface area contributed by atoms with Gasteiger partial charge in [-0.05, 0) is 81.8 Å². The van der Waals surface area contributed by atoms with Crippen molar-refractivity contribution in [1.29, 1.82) is 0 Å². The molecule has 3 aromatic rings. The van der Waals surface area contributed by atoms with E-state index in [0.29, 0.717) is 27.7 Å². The van der Waals surface area contributed by atoms with Gasteiger partial charge in [-0.25, -0.2) is 4.79 Å². The number of fused-ring (bicyclic) bond motifs is 1. The van der Waals surface area contributed by atoms with Crippen molar-refractivity contribution in [1.82, 2.24) is 0 Å². The lowest BCUT2D eigenvalue weighted by Crippen LogP contribution is -2.23. The molecule has 2 amide bonds. The van der Waals surface area contributed by atoms with E-state index in [1.165, 1.54) is 23.1 Å². The van der Waals surface area contributed by atoms with Gasteiger partial charge in [0.05, 0.1) is 17.4 Å². The van der Waals surface area contributed by atoms with Gasteiger partial charge in [-0.15, -0.1) is 23.1 Å². The Morgan fingerprint density at radius 1 is 1.14 bits per heavy atom. The van der Waals surface area contributed by atoms with Crippen LogP contribution in [0, 0.1) is 12.8 Å². The van der Waals surface area contributed by atoms with Gasteiger partial charge in [-0.1, -0.05) is 30.7 Å². The summed E-state index contributed by atoms with van der Waals surface area (Å²) < 4.78 is 5.32. The molecule has 2 unspecified atom stereocenters. The molecule has 1 heterocycles. The number of ether oxygens (including phenoxy) is 1. The number of hydrogen-bond acceptors (Lipinski definition) is 6. The lowest BCUT2D eigenvalue weighted by molar-refractivity contribution is -0.115. The summed E-state index contributed by atoms with van der Waals surface area (Å²) in [5.41, 5.74) is 3.87. The van der Waals surface area contributed by atoms with Crippen LogP contribution in [0.15, 0.2) is 53.4 Å². The molecule has 1 aliphatic rings. The quantitative estimate of drug-likeness (QED) is 0.246. The lowest BCUT2D eigenvalue weighted by atomic mass is 9.88. The van der Waals surface area contributed by atoms with Crippen LogP contribution in [0.4, 0.5) is 10.7 Å². The molecule has 0 radical (unpaired) electrons. The van der Waals surface area contributed by atoms with Crippen molar-refractivity contribution in [3.63, 3.8) is 0 Å². The summed E-state index contributed by atoms with van der Waals surface area (Å²) >= 11 is 2.89. The number of thiophene rings is 1. The van der Waals surface area contributed by atoms with Crippen LogP contribution in [0.25, 0.3) is 0 Å². The number of esters is 1. The maximum absolute atomic E-state index is 13.2. The Hall–Kier alpha value is -3.10.